The lowest BCUT2D eigenvalue weighted by Gasteiger charge is -2.34. The Labute approximate surface area is 91.1 Å². The first kappa shape index (κ1) is 9.73. The molecule has 16 heavy (non-hydrogen) atoms. The van der Waals surface area contributed by atoms with E-state index in [-0.39, 0.29) is 6.42 Å². The second-order valence-corrected chi connectivity index (χ2v) is 4.66. The largest absolute Gasteiger partial charge is 0.619 e. The van der Waals surface area contributed by atoms with Gasteiger partial charge >= 0.3 is 5.66 Å². The molecular formula is C9H13N4O3+. The Morgan fingerprint density at radius 2 is 2.31 bits per heavy atom. The highest BCUT2D eigenvalue weighted by molar-refractivity contribution is 5.80. The van der Waals surface area contributed by atoms with Crippen LogP contribution >= 0.6 is 0 Å². The Balaban J connectivity index is 2.22. The molecule has 0 fully saturated rings. The van der Waals surface area contributed by atoms with Gasteiger partial charge in [-0.1, -0.05) is 10.3 Å². The van der Waals surface area contributed by atoms with Crippen molar-refractivity contribution in [2.24, 2.45) is 0 Å². The summed E-state index contributed by atoms with van der Waals surface area (Å²) in [5, 5.41) is 30.1. The monoisotopic (exact) mass is 225 g/mol. The molecule has 2 heterocycles. The number of aliphatic hydroxyl groups is 1. The van der Waals surface area contributed by atoms with Gasteiger partial charge in [-0.15, -0.1) is 0 Å². The van der Waals surface area contributed by atoms with Crippen LogP contribution in [0.15, 0.2) is 4.63 Å². The highest BCUT2D eigenvalue weighted by Gasteiger charge is 2.69. The first-order valence-corrected chi connectivity index (χ1v) is 5.18. The first-order valence-electron chi connectivity index (χ1n) is 5.18. The summed E-state index contributed by atoms with van der Waals surface area (Å²) in [5.74, 6) is 0. The van der Waals surface area contributed by atoms with Gasteiger partial charge in [-0.2, -0.15) is 4.74 Å². The molecule has 7 nitrogen and oxygen atoms in total. The standard InChI is InChI=1S/C9H12N4O3/c1-5-4-8(14)7-6(11-16-12-7)2-3-9(8,10)13(5)15/h14H,2-4,10H2,1H3/p+1/t8-,9+/m1/s1. The van der Waals surface area contributed by atoms with Crippen molar-refractivity contribution < 1.29 is 20.2 Å². The predicted octanol–water partition coefficient (Wildman–Crippen LogP) is -1.48. The van der Waals surface area contributed by atoms with Gasteiger partial charge < -0.3 is 10.3 Å². The molecule has 7 heteroatoms. The van der Waals surface area contributed by atoms with Gasteiger partial charge in [0.1, 0.15) is 5.69 Å². The van der Waals surface area contributed by atoms with Crippen LogP contribution in [-0.4, -0.2) is 31.5 Å². The second-order valence-electron chi connectivity index (χ2n) is 4.66. The molecule has 2 aliphatic rings. The van der Waals surface area contributed by atoms with Crippen LogP contribution in [0.2, 0.25) is 0 Å². The Bertz CT molecular complexity index is 497. The van der Waals surface area contributed by atoms with Crippen LogP contribution in [0.1, 0.15) is 31.2 Å². The minimum absolute atomic E-state index is 0.237. The lowest BCUT2D eigenvalue weighted by molar-refractivity contribution is -0.769. The summed E-state index contributed by atoms with van der Waals surface area (Å²) in [5.41, 5.74) is 3.00. The SMILES string of the molecule is CC1=[N+]([O-])[C@@]2([NH3+])CCc3nonc3[C@]2(O)C1. The van der Waals surface area contributed by atoms with Gasteiger partial charge in [0.05, 0.1) is 12.8 Å². The lowest BCUT2D eigenvalue weighted by Crippen LogP contribution is -2.84. The van der Waals surface area contributed by atoms with Gasteiger partial charge in [-0.25, -0.2) is 4.63 Å². The molecule has 0 spiro atoms. The van der Waals surface area contributed by atoms with E-state index < -0.39 is 11.3 Å². The van der Waals surface area contributed by atoms with Crippen LogP contribution in [0.4, 0.5) is 0 Å². The molecule has 1 aliphatic carbocycles. The van der Waals surface area contributed by atoms with Crippen molar-refractivity contribution in [2.45, 2.75) is 37.5 Å². The highest BCUT2D eigenvalue weighted by Crippen LogP contribution is 2.45. The second kappa shape index (κ2) is 2.61. The van der Waals surface area contributed by atoms with Gasteiger partial charge in [0.2, 0.25) is 5.60 Å². The van der Waals surface area contributed by atoms with Crippen molar-refractivity contribution in [1.82, 2.24) is 10.3 Å². The van der Waals surface area contributed by atoms with E-state index in [1.165, 1.54) is 0 Å². The summed E-state index contributed by atoms with van der Waals surface area (Å²) in [6.07, 6.45) is 1.24. The van der Waals surface area contributed by atoms with Crippen LogP contribution in [0.3, 0.4) is 0 Å². The number of hydrogen-bond donors (Lipinski definition) is 2. The van der Waals surface area contributed by atoms with Crippen molar-refractivity contribution in [3.8, 4) is 0 Å². The van der Waals surface area contributed by atoms with Crippen LogP contribution in [-0.2, 0) is 12.0 Å². The van der Waals surface area contributed by atoms with Gasteiger partial charge in [0.15, 0.2) is 11.4 Å². The molecule has 4 N–H and O–H groups in total. The van der Waals surface area contributed by atoms with Gasteiger partial charge in [-0.05, 0) is 0 Å². The van der Waals surface area contributed by atoms with E-state index in [0.29, 0.717) is 29.9 Å². The summed E-state index contributed by atoms with van der Waals surface area (Å²) in [4.78, 5) is 0. The fraction of sp³-hybridized carbons (Fsp3) is 0.667. The molecule has 1 aromatic heterocycles. The average molecular weight is 225 g/mol. The fourth-order valence-corrected chi connectivity index (χ4v) is 2.76. The van der Waals surface area contributed by atoms with E-state index in [9.17, 15) is 10.3 Å². The molecular weight excluding hydrogens is 212 g/mol. The van der Waals surface area contributed by atoms with E-state index in [0.717, 1.165) is 4.74 Å². The molecule has 0 radical (unpaired) electrons. The molecule has 0 aromatic carbocycles. The van der Waals surface area contributed by atoms with Crippen molar-refractivity contribution >= 4 is 5.71 Å². The number of fused-ring (bicyclic) bond motifs is 3. The smallest absolute Gasteiger partial charge is 0.329 e. The number of nitrogens with zero attached hydrogens (tertiary/aromatic N) is 3. The van der Waals surface area contributed by atoms with Crippen LogP contribution < -0.4 is 5.73 Å². The maximum Gasteiger partial charge on any atom is 0.329 e. The minimum atomic E-state index is -1.37. The molecule has 0 saturated carbocycles. The van der Waals surface area contributed by atoms with Crippen molar-refractivity contribution in [2.75, 3.05) is 0 Å². The quantitative estimate of drug-likeness (QED) is 0.413. The summed E-state index contributed by atoms with van der Waals surface area (Å²) in [6, 6.07) is 0. The van der Waals surface area contributed by atoms with Crippen molar-refractivity contribution in [1.29, 1.82) is 0 Å². The summed E-state index contributed by atoms with van der Waals surface area (Å²) in [6.45, 7) is 1.70. The summed E-state index contributed by atoms with van der Waals surface area (Å²) < 4.78 is 5.45. The molecule has 0 unspecified atom stereocenters. The third kappa shape index (κ3) is 0.840. The van der Waals surface area contributed by atoms with Gasteiger partial charge in [0.25, 0.3) is 0 Å². The summed E-state index contributed by atoms with van der Waals surface area (Å²) >= 11 is 0. The number of aryl methyl sites for hydroxylation is 1. The van der Waals surface area contributed by atoms with Crippen molar-refractivity contribution in [3.63, 3.8) is 0 Å². The molecule has 3 rings (SSSR count). The third-order valence-electron chi connectivity index (χ3n) is 3.74. The number of aromatic nitrogens is 2. The van der Waals surface area contributed by atoms with E-state index in [1.54, 1.807) is 6.92 Å². The van der Waals surface area contributed by atoms with E-state index in [2.05, 4.69) is 20.7 Å². The molecule has 1 aromatic rings. The molecule has 86 valence electrons. The number of hydrogen-bond acceptors (Lipinski definition) is 5. The van der Waals surface area contributed by atoms with Crippen LogP contribution in [0, 0.1) is 5.21 Å². The fourth-order valence-electron chi connectivity index (χ4n) is 2.76. The maximum absolute atomic E-state index is 12.0. The highest BCUT2D eigenvalue weighted by atomic mass is 16.6. The number of hydroxylamine groups is 1. The lowest BCUT2D eigenvalue weighted by atomic mass is 9.76. The molecule has 0 bridgehead atoms. The normalized spacial score (nSPS) is 37.4. The van der Waals surface area contributed by atoms with Crippen molar-refractivity contribution in [3.05, 3.63) is 16.6 Å². The number of rotatable bonds is 0. The Morgan fingerprint density at radius 3 is 3.06 bits per heavy atom. The number of quaternary nitrogens is 1. The van der Waals surface area contributed by atoms with E-state index in [1.807, 2.05) is 0 Å². The topological polar surface area (TPSA) is 113 Å². The molecule has 0 amide bonds. The Kier molecular flexibility index (Phi) is 1.59. The molecule has 1 aliphatic heterocycles. The minimum Gasteiger partial charge on any atom is -0.619 e. The zero-order valence-electron chi connectivity index (χ0n) is 8.93. The Hall–Kier alpha value is -1.47. The van der Waals surface area contributed by atoms with Gasteiger partial charge in [-0.3, -0.25) is 5.73 Å². The maximum atomic E-state index is 12.0. The summed E-state index contributed by atoms with van der Waals surface area (Å²) in [7, 11) is 0. The third-order valence-corrected chi connectivity index (χ3v) is 3.74. The first-order chi connectivity index (χ1) is 7.49. The van der Waals surface area contributed by atoms with E-state index >= 15 is 0 Å². The van der Waals surface area contributed by atoms with Crippen LogP contribution in [0.5, 0.6) is 0 Å². The zero-order chi connectivity index (χ0) is 11.6. The van der Waals surface area contributed by atoms with Gasteiger partial charge in [0, 0.05) is 13.3 Å². The van der Waals surface area contributed by atoms with E-state index in [4.69, 9.17) is 0 Å². The predicted molar refractivity (Wildman–Crippen MR) is 51.1 cm³/mol. The molecule has 0 saturated heterocycles. The Morgan fingerprint density at radius 1 is 1.56 bits per heavy atom. The average Bonchev–Trinajstić information content (AvgIpc) is 2.77. The molecule has 2 atom stereocenters. The van der Waals surface area contributed by atoms with Crippen LogP contribution in [0.25, 0.3) is 0 Å². The zero-order valence-corrected chi connectivity index (χ0v) is 8.93.